The number of ether oxygens (including phenoxy) is 2. The Morgan fingerprint density at radius 3 is 2.60 bits per heavy atom. The van der Waals surface area contributed by atoms with E-state index in [4.69, 9.17) is 9.47 Å². The molecule has 1 amide bonds. The summed E-state index contributed by atoms with van der Waals surface area (Å²) < 4.78 is 10.6. The third-order valence-corrected chi connectivity index (χ3v) is 3.73. The highest BCUT2D eigenvalue weighted by molar-refractivity contribution is 5.78. The molecule has 0 saturated carbocycles. The van der Waals surface area contributed by atoms with Gasteiger partial charge < -0.3 is 19.7 Å². The standard InChI is InChI=1S/C15H22N2O3/c1-16-12(10-17-8-4-5-15(17)18)11-6-7-13(19-2)14(9-11)20-3/h6-7,9,12,16H,4-5,8,10H2,1-3H3. The van der Waals surface area contributed by atoms with Gasteiger partial charge in [0.2, 0.25) is 5.91 Å². The van der Waals surface area contributed by atoms with Crippen LogP contribution in [0.25, 0.3) is 0 Å². The monoisotopic (exact) mass is 278 g/mol. The summed E-state index contributed by atoms with van der Waals surface area (Å²) in [6, 6.07) is 5.95. The highest BCUT2D eigenvalue weighted by atomic mass is 16.5. The highest BCUT2D eigenvalue weighted by Crippen LogP contribution is 2.30. The zero-order valence-corrected chi connectivity index (χ0v) is 12.3. The summed E-state index contributed by atoms with van der Waals surface area (Å²) in [5.41, 5.74) is 1.09. The predicted octanol–water partition coefficient (Wildman–Crippen LogP) is 1.59. The summed E-state index contributed by atoms with van der Waals surface area (Å²) in [7, 11) is 5.15. The van der Waals surface area contributed by atoms with Crippen LogP contribution in [0.1, 0.15) is 24.4 Å². The highest BCUT2D eigenvalue weighted by Gasteiger charge is 2.24. The molecule has 1 heterocycles. The average molecular weight is 278 g/mol. The number of hydrogen-bond acceptors (Lipinski definition) is 4. The molecule has 1 N–H and O–H groups in total. The van der Waals surface area contributed by atoms with Gasteiger partial charge in [0.05, 0.1) is 14.2 Å². The Morgan fingerprint density at radius 1 is 1.30 bits per heavy atom. The van der Waals surface area contributed by atoms with Crippen molar-refractivity contribution in [2.45, 2.75) is 18.9 Å². The molecule has 1 aromatic rings. The lowest BCUT2D eigenvalue weighted by molar-refractivity contribution is -0.128. The molecule has 0 aromatic heterocycles. The summed E-state index contributed by atoms with van der Waals surface area (Å²) in [5, 5.41) is 3.26. The van der Waals surface area contributed by atoms with Crippen molar-refractivity contribution < 1.29 is 14.3 Å². The fraction of sp³-hybridized carbons (Fsp3) is 0.533. The van der Waals surface area contributed by atoms with Crippen molar-refractivity contribution >= 4 is 5.91 Å². The molecule has 110 valence electrons. The number of methoxy groups -OCH3 is 2. The fourth-order valence-electron chi connectivity index (χ4n) is 2.55. The van der Waals surface area contributed by atoms with E-state index in [-0.39, 0.29) is 11.9 Å². The normalized spacial score (nSPS) is 16.4. The minimum Gasteiger partial charge on any atom is -0.493 e. The number of nitrogens with zero attached hydrogens (tertiary/aromatic N) is 1. The van der Waals surface area contributed by atoms with Crippen molar-refractivity contribution in [1.82, 2.24) is 10.2 Å². The maximum atomic E-state index is 11.7. The van der Waals surface area contributed by atoms with Gasteiger partial charge in [-0.3, -0.25) is 4.79 Å². The lowest BCUT2D eigenvalue weighted by Crippen LogP contribution is -2.34. The second-order valence-corrected chi connectivity index (χ2v) is 4.90. The van der Waals surface area contributed by atoms with Crippen molar-refractivity contribution in [2.24, 2.45) is 0 Å². The molecule has 0 bridgehead atoms. The lowest BCUT2D eigenvalue weighted by Gasteiger charge is -2.24. The van der Waals surface area contributed by atoms with E-state index in [1.807, 2.05) is 30.1 Å². The molecular weight excluding hydrogens is 256 g/mol. The quantitative estimate of drug-likeness (QED) is 0.858. The van der Waals surface area contributed by atoms with Gasteiger partial charge in [0, 0.05) is 25.6 Å². The van der Waals surface area contributed by atoms with Gasteiger partial charge in [-0.1, -0.05) is 6.07 Å². The maximum absolute atomic E-state index is 11.7. The van der Waals surface area contributed by atoms with Crippen molar-refractivity contribution in [3.63, 3.8) is 0 Å². The molecule has 1 fully saturated rings. The molecule has 0 radical (unpaired) electrons. The number of amides is 1. The van der Waals surface area contributed by atoms with E-state index in [9.17, 15) is 4.79 Å². The first-order valence-corrected chi connectivity index (χ1v) is 6.86. The molecule has 5 heteroatoms. The van der Waals surface area contributed by atoms with Crippen molar-refractivity contribution in [3.05, 3.63) is 23.8 Å². The summed E-state index contributed by atoms with van der Waals surface area (Å²) in [6.45, 7) is 1.54. The fourth-order valence-corrected chi connectivity index (χ4v) is 2.55. The van der Waals surface area contributed by atoms with Gasteiger partial charge in [0.1, 0.15) is 0 Å². The summed E-state index contributed by atoms with van der Waals surface area (Å²) in [4.78, 5) is 13.6. The van der Waals surface area contributed by atoms with Crippen LogP contribution in [0.3, 0.4) is 0 Å². The number of benzene rings is 1. The molecule has 5 nitrogen and oxygen atoms in total. The van der Waals surface area contributed by atoms with Crippen LogP contribution in [0.5, 0.6) is 11.5 Å². The van der Waals surface area contributed by atoms with Crippen LogP contribution in [0.2, 0.25) is 0 Å². The Labute approximate surface area is 119 Å². The Hall–Kier alpha value is -1.75. The van der Waals surface area contributed by atoms with E-state index < -0.39 is 0 Å². The first-order chi connectivity index (χ1) is 9.69. The molecule has 1 aliphatic heterocycles. The average Bonchev–Trinajstić information content (AvgIpc) is 2.89. The van der Waals surface area contributed by atoms with Gasteiger partial charge in [-0.05, 0) is 31.2 Å². The summed E-state index contributed by atoms with van der Waals surface area (Å²) in [6.07, 6.45) is 1.63. The van der Waals surface area contributed by atoms with E-state index in [1.54, 1.807) is 14.2 Å². The molecule has 1 atom stereocenters. The molecule has 1 saturated heterocycles. The van der Waals surface area contributed by atoms with E-state index in [2.05, 4.69) is 5.32 Å². The molecule has 2 rings (SSSR count). The molecule has 1 aromatic carbocycles. The van der Waals surface area contributed by atoms with Crippen LogP contribution >= 0.6 is 0 Å². The van der Waals surface area contributed by atoms with Gasteiger partial charge in [-0.15, -0.1) is 0 Å². The maximum Gasteiger partial charge on any atom is 0.222 e. The SMILES string of the molecule is CNC(CN1CCCC1=O)c1ccc(OC)c(OC)c1. The minimum atomic E-state index is 0.0943. The van der Waals surface area contributed by atoms with Crippen LogP contribution in [0, 0.1) is 0 Å². The third-order valence-electron chi connectivity index (χ3n) is 3.73. The predicted molar refractivity (Wildman–Crippen MR) is 77.2 cm³/mol. The molecule has 20 heavy (non-hydrogen) atoms. The van der Waals surface area contributed by atoms with Crippen molar-refractivity contribution in [1.29, 1.82) is 0 Å². The number of carbonyl (C=O) groups is 1. The second-order valence-electron chi connectivity index (χ2n) is 4.90. The molecular formula is C15H22N2O3. The Kier molecular flexibility index (Phi) is 4.84. The first kappa shape index (κ1) is 14.7. The summed E-state index contributed by atoms with van der Waals surface area (Å²) >= 11 is 0. The zero-order chi connectivity index (χ0) is 14.5. The first-order valence-electron chi connectivity index (χ1n) is 6.86. The van der Waals surface area contributed by atoms with E-state index >= 15 is 0 Å². The number of nitrogens with one attached hydrogen (secondary N) is 1. The van der Waals surface area contributed by atoms with Gasteiger partial charge in [-0.2, -0.15) is 0 Å². The topological polar surface area (TPSA) is 50.8 Å². The van der Waals surface area contributed by atoms with Crippen LogP contribution in [0.15, 0.2) is 18.2 Å². The number of hydrogen-bond donors (Lipinski definition) is 1. The third kappa shape index (κ3) is 3.04. The van der Waals surface area contributed by atoms with Crippen LogP contribution < -0.4 is 14.8 Å². The van der Waals surface area contributed by atoms with E-state index in [1.165, 1.54) is 0 Å². The largest absolute Gasteiger partial charge is 0.493 e. The minimum absolute atomic E-state index is 0.0943. The van der Waals surface area contributed by atoms with Crippen molar-refractivity contribution in [3.8, 4) is 11.5 Å². The van der Waals surface area contributed by atoms with Crippen LogP contribution in [-0.2, 0) is 4.79 Å². The van der Waals surface area contributed by atoms with Gasteiger partial charge in [0.15, 0.2) is 11.5 Å². The zero-order valence-electron chi connectivity index (χ0n) is 12.3. The van der Waals surface area contributed by atoms with Gasteiger partial charge >= 0.3 is 0 Å². The van der Waals surface area contributed by atoms with Gasteiger partial charge in [0.25, 0.3) is 0 Å². The van der Waals surface area contributed by atoms with Crippen LogP contribution in [0.4, 0.5) is 0 Å². The molecule has 0 spiro atoms. The Bertz CT molecular complexity index is 476. The Morgan fingerprint density at radius 2 is 2.05 bits per heavy atom. The number of rotatable bonds is 6. The summed E-state index contributed by atoms with van der Waals surface area (Å²) in [5.74, 6) is 1.66. The molecule has 1 unspecified atom stereocenters. The number of likely N-dealkylation sites (N-methyl/N-ethyl adjacent to an activating group) is 1. The van der Waals surface area contributed by atoms with Crippen molar-refractivity contribution in [2.75, 3.05) is 34.4 Å². The Balaban J connectivity index is 2.16. The van der Waals surface area contributed by atoms with Crippen LogP contribution in [-0.4, -0.2) is 45.2 Å². The smallest absolute Gasteiger partial charge is 0.222 e. The second kappa shape index (κ2) is 6.61. The lowest BCUT2D eigenvalue weighted by atomic mass is 10.1. The van der Waals surface area contributed by atoms with Gasteiger partial charge in [-0.25, -0.2) is 0 Å². The van der Waals surface area contributed by atoms with E-state index in [0.29, 0.717) is 24.5 Å². The number of likely N-dealkylation sites (tertiary alicyclic amines) is 1. The van der Waals surface area contributed by atoms with E-state index in [0.717, 1.165) is 18.5 Å². The molecule has 1 aliphatic rings. The molecule has 0 aliphatic carbocycles. The number of carbonyl (C=O) groups excluding carboxylic acids is 1.